The lowest BCUT2D eigenvalue weighted by Gasteiger charge is -2.34. The quantitative estimate of drug-likeness (QED) is 0.789. The van der Waals surface area contributed by atoms with Gasteiger partial charge in [0.15, 0.2) is 6.10 Å². The molecule has 0 fully saturated rings. The van der Waals surface area contributed by atoms with Gasteiger partial charge in [-0.3, -0.25) is 9.10 Å². The summed E-state index contributed by atoms with van der Waals surface area (Å²) in [6, 6.07) is 15.1. The summed E-state index contributed by atoms with van der Waals surface area (Å²) in [5, 5.41) is 2.81. The zero-order chi connectivity index (χ0) is 18.6. The van der Waals surface area contributed by atoms with E-state index in [4.69, 9.17) is 4.74 Å². The first-order valence-corrected chi connectivity index (χ1v) is 10.1. The molecule has 0 bridgehead atoms. The van der Waals surface area contributed by atoms with E-state index in [0.29, 0.717) is 18.0 Å². The van der Waals surface area contributed by atoms with Crippen LogP contribution in [0.3, 0.4) is 0 Å². The number of nitrogens with one attached hydrogen (secondary N) is 1. The van der Waals surface area contributed by atoms with Gasteiger partial charge < -0.3 is 10.1 Å². The zero-order valence-corrected chi connectivity index (χ0v) is 15.4. The van der Waals surface area contributed by atoms with Crippen molar-refractivity contribution in [2.24, 2.45) is 0 Å². The summed E-state index contributed by atoms with van der Waals surface area (Å²) in [6.07, 6.45) is 0.935. The minimum Gasteiger partial charge on any atom is -0.476 e. The predicted molar refractivity (Wildman–Crippen MR) is 99.7 cm³/mol. The molecule has 1 heterocycles. The topological polar surface area (TPSA) is 75.7 Å². The number of fused-ring (bicyclic) bond motifs is 1. The molecule has 1 amide bonds. The molecular formula is C19H22N2O4S. The fourth-order valence-corrected chi connectivity index (χ4v) is 4.29. The van der Waals surface area contributed by atoms with E-state index in [1.54, 1.807) is 54.6 Å². The van der Waals surface area contributed by atoms with Crippen LogP contribution in [0.1, 0.15) is 19.8 Å². The first-order valence-electron chi connectivity index (χ1n) is 8.65. The molecule has 3 rings (SSSR count). The molecule has 0 radical (unpaired) electrons. The lowest BCUT2D eigenvalue weighted by atomic mass is 10.2. The molecule has 138 valence electrons. The third kappa shape index (κ3) is 3.67. The van der Waals surface area contributed by atoms with Crippen molar-refractivity contribution in [2.75, 3.05) is 17.4 Å². The molecule has 0 spiro atoms. The Morgan fingerprint density at radius 3 is 2.58 bits per heavy atom. The van der Waals surface area contributed by atoms with Crippen LogP contribution < -0.4 is 14.4 Å². The summed E-state index contributed by atoms with van der Waals surface area (Å²) in [5.41, 5.74) is 0.439. The van der Waals surface area contributed by atoms with E-state index in [1.165, 1.54) is 4.31 Å². The van der Waals surface area contributed by atoms with Gasteiger partial charge in [0.2, 0.25) is 0 Å². The average molecular weight is 374 g/mol. The number of rotatable bonds is 6. The molecular weight excluding hydrogens is 352 g/mol. The summed E-state index contributed by atoms with van der Waals surface area (Å²) in [6.45, 7) is 2.52. The van der Waals surface area contributed by atoms with Crippen LogP contribution in [0.25, 0.3) is 0 Å². The van der Waals surface area contributed by atoms with Crippen LogP contribution in [0.5, 0.6) is 5.75 Å². The standard InChI is InChI=1S/C19H22N2O4S/c1-2-3-13-20-19(22)18-14-21(16-11-7-8-12-17(16)25-18)26(23,24)15-9-5-4-6-10-15/h4-12,18H,2-3,13-14H2,1H3,(H,20,22). The number of anilines is 1. The van der Waals surface area contributed by atoms with Crippen molar-refractivity contribution in [3.05, 3.63) is 54.6 Å². The number of unbranched alkanes of at least 4 members (excludes halogenated alkanes) is 1. The van der Waals surface area contributed by atoms with E-state index < -0.39 is 16.1 Å². The van der Waals surface area contributed by atoms with Crippen LogP contribution in [0, 0.1) is 0 Å². The minimum absolute atomic E-state index is 0.0633. The van der Waals surface area contributed by atoms with Crippen LogP contribution >= 0.6 is 0 Å². The third-order valence-electron chi connectivity index (χ3n) is 4.19. The van der Waals surface area contributed by atoms with Crippen molar-refractivity contribution < 1.29 is 17.9 Å². The van der Waals surface area contributed by atoms with Gasteiger partial charge in [-0.2, -0.15) is 0 Å². The van der Waals surface area contributed by atoms with Gasteiger partial charge in [0.25, 0.3) is 15.9 Å². The Morgan fingerprint density at radius 1 is 1.15 bits per heavy atom. The van der Waals surface area contributed by atoms with E-state index in [0.717, 1.165) is 12.8 Å². The molecule has 6 nitrogen and oxygen atoms in total. The molecule has 2 aromatic rings. The number of ether oxygens (including phenoxy) is 1. The van der Waals surface area contributed by atoms with Gasteiger partial charge in [-0.15, -0.1) is 0 Å². The van der Waals surface area contributed by atoms with Crippen molar-refractivity contribution in [1.29, 1.82) is 0 Å². The molecule has 0 saturated heterocycles. The fourth-order valence-electron chi connectivity index (χ4n) is 2.79. The second-order valence-corrected chi connectivity index (χ2v) is 7.93. The zero-order valence-electron chi connectivity index (χ0n) is 14.6. The number of hydrogen-bond acceptors (Lipinski definition) is 4. The van der Waals surface area contributed by atoms with Gasteiger partial charge in [-0.25, -0.2) is 8.42 Å². The maximum Gasteiger partial charge on any atom is 0.264 e. The molecule has 2 aromatic carbocycles. The number of benzene rings is 2. The van der Waals surface area contributed by atoms with Crippen molar-refractivity contribution in [2.45, 2.75) is 30.8 Å². The van der Waals surface area contributed by atoms with Gasteiger partial charge in [0.05, 0.1) is 17.1 Å². The molecule has 0 aromatic heterocycles. The Kier molecular flexibility index (Phi) is 5.46. The Labute approximate surface area is 153 Å². The number of carbonyl (C=O) groups excluding carboxylic acids is 1. The van der Waals surface area contributed by atoms with Crippen molar-refractivity contribution in [1.82, 2.24) is 5.32 Å². The normalized spacial score (nSPS) is 16.5. The minimum atomic E-state index is -3.79. The Hall–Kier alpha value is -2.54. The highest BCUT2D eigenvalue weighted by molar-refractivity contribution is 7.92. The van der Waals surface area contributed by atoms with Gasteiger partial charge in [-0.1, -0.05) is 43.7 Å². The first kappa shape index (κ1) is 18.3. The second kappa shape index (κ2) is 7.78. The molecule has 1 aliphatic rings. The monoisotopic (exact) mass is 374 g/mol. The van der Waals surface area contributed by atoms with Gasteiger partial charge >= 0.3 is 0 Å². The maximum atomic E-state index is 13.1. The Morgan fingerprint density at radius 2 is 1.85 bits per heavy atom. The van der Waals surface area contributed by atoms with E-state index in [-0.39, 0.29) is 17.3 Å². The van der Waals surface area contributed by atoms with E-state index in [9.17, 15) is 13.2 Å². The first-order chi connectivity index (χ1) is 12.5. The van der Waals surface area contributed by atoms with E-state index in [2.05, 4.69) is 5.32 Å². The van der Waals surface area contributed by atoms with Gasteiger partial charge in [0.1, 0.15) is 5.75 Å². The smallest absolute Gasteiger partial charge is 0.264 e. The van der Waals surface area contributed by atoms with Gasteiger partial charge in [-0.05, 0) is 30.7 Å². The van der Waals surface area contributed by atoms with Crippen LogP contribution in [-0.2, 0) is 14.8 Å². The Balaban J connectivity index is 1.92. The lowest BCUT2D eigenvalue weighted by Crippen LogP contribution is -2.50. The highest BCUT2D eigenvalue weighted by atomic mass is 32.2. The van der Waals surface area contributed by atoms with E-state index >= 15 is 0 Å². The van der Waals surface area contributed by atoms with Crippen molar-refractivity contribution in [3.63, 3.8) is 0 Å². The highest BCUT2D eigenvalue weighted by Gasteiger charge is 2.37. The van der Waals surface area contributed by atoms with Crippen molar-refractivity contribution >= 4 is 21.6 Å². The highest BCUT2D eigenvalue weighted by Crippen LogP contribution is 2.36. The lowest BCUT2D eigenvalue weighted by molar-refractivity contribution is -0.127. The fraction of sp³-hybridized carbons (Fsp3) is 0.316. The number of amides is 1. The molecule has 1 unspecified atom stereocenters. The van der Waals surface area contributed by atoms with Crippen LogP contribution in [0.15, 0.2) is 59.5 Å². The average Bonchev–Trinajstić information content (AvgIpc) is 2.67. The van der Waals surface area contributed by atoms with E-state index in [1.807, 2.05) is 6.92 Å². The predicted octanol–water partition coefficient (Wildman–Crippen LogP) is 2.56. The Bertz CT molecular complexity index is 868. The number of para-hydroxylation sites is 2. The summed E-state index contributed by atoms with van der Waals surface area (Å²) in [4.78, 5) is 12.6. The molecule has 7 heteroatoms. The third-order valence-corrected chi connectivity index (χ3v) is 5.98. The van der Waals surface area contributed by atoms with Crippen LogP contribution in [0.4, 0.5) is 5.69 Å². The molecule has 1 atom stereocenters. The SMILES string of the molecule is CCCCNC(=O)C1CN(S(=O)(=O)c2ccccc2)c2ccccc2O1. The molecule has 1 aliphatic heterocycles. The summed E-state index contributed by atoms with van der Waals surface area (Å²) < 4.78 is 33.3. The summed E-state index contributed by atoms with van der Waals surface area (Å²) >= 11 is 0. The molecule has 0 saturated carbocycles. The van der Waals surface area contributed by atoms with Crippen LogP contribution in [0.2, 0.25) is 0 Å². The molecule has 1 N–H and O–H groups in total. The number of hydrogen-bond donors (Lipinski definition) is 1. The van der Waals surface area contributed by atoms with Crippen molar-refractivity contribution in [3.8, 4) is 5.75 Å². The number of carbonyl (C=O) groups is 1. The number of sulfonamides is 1. The maximum absolute atomic E-state index is 13.1. The largest absolute Gasteiger partial charge is 0.476 e. The van der Waals surface area contributed by atoms with Gasteiger partial charge in [0, 0.05) is 6.54 Å². The summed E-state index contributed by atoms with van der Waals surface area (Å²) in [7, 11) is -3.79. The molecule has 0 aliphatic carbocycles. The summed E-state index contributed by atoms with van der Waals surface area (Å²) in [5.74, 6) is 0.0788. The number of nitrogens with zero attached hydrogens (tertiary/aromatic N) is 1. The second-order valence-electron chi connectivity index (χ2n) is 6.07. The molecule has 26 heavy (non-hydrogen) atoms. The van der Waals surface area contributed by atoms with Crippen LogP contribution in [-0.4, -0.2) is 33.5 Å².